The van der Waals surface area contributed by atoms with Gasteiger partial charge in [-0.1, -0.05) is 12.1 Å². The van der Waals surface area contributed by atoms with Gasteiger partial charge in [0.05, 0.1) is 0 Å². The molecule has 0 saturated carbocycles. The summed E-state index contributed by atoms with van der Waals surface area (Å²) in [6.45, 7) is 1.44. The largest absolute Gasteiger partial charge is 0.446 e. The molecule has 8 heteroatoms. The summed E-state index contributed by atoms with van der Waals surface area (Å²) in [7, 11) is 0. The maximum absolute atomic E-state index is 12.2. The third-order valence-electron chi connectivity index (χ3n) is 2.72. The number of H-pyrrole nitrogens is 1. The number of hydrogen-bond acceptors (Lipinski definition) is 4. The Labute approximate surface area is 124 Å². The molecule has 0 unspecified atom stereocenters. The first kappa shape index (κ1) is 15.8. The molecule has 1 heterocycles. The quantitative estimate of drug-likeness (QED) is 0.609. The molecule has 0 amide bonds. The Morgan fingerprint density at radius 2 is 1.95 bits per heavy atom. The molecule has 0 aliphatic carbocycles. The Balaban J connectivity index is 1.66. The predicted octanol–water partition coefficient (Wildman–Crippen LogP) is 3.14. The van der Waals surface area contributed by atoms with Crippen LogP contribution in [-0.4, -0.2) is 27.2 Å². The maximum atomic E-state index is 12.2. The first-order chi connectivity index (χ1) is 10.0. The molecule has 0 fully saturated rings. The van der Waals surface area contributed by atoms with Crippen molar-refractivity contribution in [1.82, 2.24) is 20.5 Å². The highest BCUT2D eigenvalue weighted by molar-refractivity contribution is 8.00. The number of rotatable bonds is 7. The topological polar surface area (TPSA) is 53.6 Å². The second kappa shape index (κ2) is 7.46. The predicted molar refractivity (Wildman–Crippen MR) is 74.8 cm³/mol. The highest BCUT2D eigenvalue weighted by Crippen LogP contribution is 2.36. The number of aryl methyl sites for hydroxylation is 1. The van der Waals surface area contributed by atoms with E-state index in [4.69, 9.17) is 0 Å². The second-order valence-corrected chi connectivity index (χ2v) is 5.54. The first-order valence-corrected chi connectivity index (χ1v) is 7.24. The number of aromatic amines is 1. The fourth-order valence-corrected chi connectivity index (χ4v) is 2.31. The molecular formula is C13H15F3N4S. The highest BCUT2D eigenvalue weighted by atomic mass is 32.2. The van der Waals surface area contributed by atoms with Crippen molar-refractivity contribution < 1.29 is 13.2 Å². The normalized spacial score (nSPS) is 11.8. The summed E-state index contributed by atoms with van der Waals surface area (Å²) in [5.74, 6) is 0.852. The number of nitrogens with zero attached hydrogens (tertiary/aromatic N) is 2. The summed E-state index contributed by atoms with van der Waals surface area (Å²) < 4.78 is 36.6. The lowest BCUT2D eigenvalue weighted by atomic mass is 10.2. The Morgan fingerprint density at radius 1 is 1.19 bits per heavy atom. The van der Waals surface area contributed by atoms with Gasteiger partial charge in [0, 0.05) is 17.9 Å². The van der Waals surface area contributed by atoms with Crippen LogP contribution in [0.2, 0.25) is 0 Å². The summed E-state index contributed by atoms with van der Waals surface area (Å²) >= 11 is -0.0969. The third-order valence-corrected chi connectivity index (χ3v) is 3.46. The van der Waals surface area contributed by atoms with Crippen molar-refractivity contribution >= 4 is 11.8 Å². The summed E-state index contributed by atoms with van der Waals surface area (Å²) in [4.78, 5) is 4.23. The van der Waals surface area contributed by atoms with Crippen LogP contribution in [0.5, 0.6) is 0 Å². The number of benzene rings is 1. The molecule has 0 saturated heterocycles. The van der Waals surface area contributed by atoms with Crippen LogP contribution in [0, 0.1) is 0 Å². The first-order valence-electron chi connectivity index (χ1n) is 6.42. The zero-order chi connectivity index (χ0) is 15.1. The van der Waals surface area contributed by atoms with E-state index in [-0.39, 0.29) is 16.7 Å². The zero-order valence-corrected chi connectivity index (χ0v) is 12.0. The van der Waals surface area contributed by atoms with Crippen molar-refractivity contribution in [3.05, 3.63) is 42.0 Å². The number of thioether (sulfide) groups is 1. The average Bonchev–Trinajstić information content (AvgIpc) is 2.92. The van der Waals surface area contributed by atoms with Gasteiger partial charge in [-0.15, -0.1) is 0 Å². The van der Waals surface area contributed by atoms with E-state index < -0.39 is 5.51 Å². The molecule has 2 aromatic rings. The molecule has 114 valence electrons. The van der Waals surface area contributed by atoms with Crippen molar-refractivity contribution in [3.8, 4) is 0 Å². The van der Waals surface area contributed by atoms with E-state index in [0.29, 0.717) is 6.54 Å². The van der Waals surface area contributed by atoms with Gasteiger partial charge in [-0.3, -0.25) is 5.10 Å². The molecule has 0 aliphatic heterocycles. The highest BCUT2D eigenvalue weighted by Gasteiger charge is 2.28. The van der Waals surface area contributed by atoms with E-state index >= 15 is 0 Å². The second-order valence-electron chi connectivity index (χ2n) is 4.40. The molecule has 0 atom stereocenters. The van der Waals surface area contributed by atoms with Crippen LogP contribution in [0.3, 0.4) is 0 Å². The smallest absolute Gasteiger partial charge is 0.313 e. The van der Waals surface area contributed by atoms with Crippen LogP contribution >= 0.6 is 11.8 Å². The lowest BCUT2D eigenvalue weighted by Crippen LogP contribution is -2.15. The number of halogens is 3. The van der Waals surface area contributed by atoms with Crippen molar-refractivity contribution in [2.45, 2.75) is 29.8 Å². The van der Waals surface area contributed by atoms with Crippen molar-refractivity contribution in [3.63, 3.8) is 0 Å². The van der Waals surface area contributed by atoms with Crippen molar-refractivity contribution in [2.75, 3.05) is 6.54 Å². The molecule has 0 aliphatic rings. The fourth-order valence-electron chi connectivity index (χ4n) is 1.77. The van der Waals surface area contributed by atoms with Crippen molar-refractivity contribution in [1.29, 1.82) is 0 Å². The molecule has 0 spiro atoms. The average molecular weight is 316 g/mol. The molecule has 0 bridgehead atoms. The molecule has 2 rings (SSSR count). The summed E-state index contributed by atoms with van der Waals surface area (Å²) in [5.41, 5.74) is -3.28. The van der Waals surface area contributed by atoms with Gasteiger partial charge in [0.25, 0.3) is 0 Å². The Kier molecular flexibility index (Phi) is 5.63. The van der Waals surface area contributed by atoms with Gasteiger partial charge in [-0.2, -0.15) is 18.3 Å². The minimum Gasteiger partial charge on any atom is -0.313 e. The van der Waals surface area contributed by atoms with Gasteiger partial charge < -0.3 is 5.32 Å². The molecule has 4 nitrogen and oxygen atoms in total. The third kappa shape index (κ3) is 6.17. The van der Waals surface area contributed by atoms with E-state index in [1.165, 1.54) is 18.5 Å². The van der Waals surface area contributed by atoms with Crippen LogP contribution in [0.15, 0.2) is 35.5 Å². The molecule has 21 heavy (non-hydrogen) atoms. The van der Waals surface area contributed by atoms with Gasteiger partial charge in [-0.25, -0.2) is 4.98 Å². The summed E-state index contributed by atoms with van der Waals surface area (Å²) in [5, 5.41) is 9.79. The lowest BCUT2D eigenvalue weighted by Gasteiger charge is -2.07. The minimum atomic E-state index is -4.24. The molecule has 2 N–H and O–H groups in total. The van der Waals surface area contributed by atoms with Crippen LogP contribution < -0.4 is 5.32 Å². The van der Waals surface area contributed by atoms with Gasteiger partial charge >= 0.3 is 5.51 Å². The van der Waals surface area contributed by atoms with Crippen molar-refractivity contribution in [2.24, 2.45) is 0 Å². The fraction of sp³-hybridized carbons (Fsp3) is 0.385. The van der Waals surface area contributed by atoms with Gasteiger partial charge in [0.2, 0.25) is 0 Å². The van der Waals surface area contributed by atoms with Gasteiger partial charge in [0.15, 0.2) is 0 Å². The molecule has 1 aromatic heterocycles. The van der Waals surface area contributed by atoms with E-state index in [1.807, 2.05) is 0 Å². The summed E-state index contributed by atoms with van der Waals surface area (Å²) in [6.07, 6.45) is 3.20. The number of alkyl halides is 3. The monoisotopic (exact) mass is 316 g/mol. The Morgan fingerprint density at radius 3 is 2.57 bits per heavy atom. The maximum Gasteiger partial charge on any atom is 0.446 e. The zero-order valence-electron chi connectivity index (χ0n) is 11.2. The Bertz CT molecular complexity index is 525. The lowest BCUT2D eigenvalue weighted by molar-refractivity contribution is -0.0328. The van der Waals surface area contributed by atoms with E-state index in [1.54, 1.807) is 12.1 Å². The molecular weight excluding hydrogens is 301 g/mol. The van der Waals surface area contributed by atoms with E-state index in [2.05, 4.69) is 20.5 Å². The van der Waals surface area contributed by atoms with E-state index in [0.717, 1.165) is 30.8 Å². The number of nitrogens with one attached hydrogen (secondary N) is 2. The Hall–Kier alpha value is -1.54. The minimum absolute atomic E-state index is 0.0969. The van der Waals surface area contributed by atoms with Crippen LogP contribution in [0.4, 0.5) is 13.2 Å². The van der Waals surface area contributed by atoms with Gasteiger partial charge in [-0.05, 0) is 42.4 Å². The standard InChI is InChI=1S/C13H15F3N4S/c14-13(15,16)21-11-5-3-10(4-6-11)8-17-7-1-2-12-18-9-19-20-12/h3-6,9,17H,1-2,7-8H2,(H,18,19,20). The molecule has 1 aromatic carbocycles. The van der Waals surface area contributed by atoms with Crippen LogP contribution in [-0.2, 0) is 13.0 Å². The molecule has 0 radical (unpaired) electrons. The van der Waals surface area contributed by atoms with Gasteiger partial charge in [0.1, 0.15) is 12.2 Å². The van der Waals surface area contributed by atoms with E-state index in [9.17, 15) is 13.2 Å². The number of aromatic nitrogens is 3. The summed E-state index contributed by atoms with van der Waals surface area (Å²) in [6, 6.07) is 6.39. The SMILES string of the molecule is FC(F)(F)Sc1ccc(CNCCCc2ncn[nH]2)cc1. The van der Waals surface area contributed by atoms with Crippen LogP contribution in [0.25, 0.3) is 0 Å². The number of hydrogen-bond donors (Lipinski definition) is 2. The van der Waals surface area contributed by atoms with Crippen LogP contribution in [0.1, 0.15) is 17.8 Å².